The summed E-state index contributed by atoms with van der Waals surface area (Å²) in [5, 5.41) is 10.9. The van der Waals surface area contributed by atoms with Crippen LogP contribution in [-0.4, -0.2) is 27.5 Å². The number of fused-ring (bicyclic) bond motifs is 1. The summed E-state index contributed by atoms with van der Waals surface area (Å²) in [6, 6.07) is 4.49. The highest BCUT2D eigenvalue weighted by atomic mass is 16.5. The van der Waals surface area contributed by atoms with E-state index in [1.165, 1.54) is 22.5 Å². The monoisotopic (exact) mass is 387 g/mol. The predicted molar refractivity (Wildman–Crippen MR) is 119 cm³/mol. The average Bonchev–Trinajstić information content (AvgIpc) is 3.09. The Kier molecular flexibility index (Phi) is 7.38. The van der Waals surface area contributed by atoms with E-state index in [-0.39, 0.29) is 29.8 Å². The zero-order valence-corrected chi connectivity index (χ0v) is 19.4. The van der Waals surface area contributed by atoms with Crippen LogP contribution in [0.15, 0.2) is 35.4 Å². The highest BCUT2D eigenvalue weighted by Crippen LogP contribution is 2.48. The molecule has 28 heavy (non-hydrogen) atoms. The molecule has 1 saturated heterocycles. The van der Waals surface area contributed by atoms with Gasteiger partial charge >= 0.3 is 0 Å². The second-order valence-electron chi connectivity index (χ2n) is 9.96. The molecular formula is C25H41NO2. The molecule has 1 aromatic rings. The summed E-state index contributed by atoms with van der Waals surface area (Å²) in [5.41, 5.74) is 5.10. The Morgan fingerprint density at radius 1 is 1.07 bits per heavy atom. The number of aryl methyl sites for hydroxylation is 2. The first-order chi connectivity index (χ1) is 12.9. The number of aromatic nitrogens is 1. The number of hydrogen-bond donors (Lipinski definition) is 1. The van der Waals surface area contributed by atoms with E-state index in [9.17, 15) is 5.11 Å². The lowest BCUT2D eigenvalue weighted by Gasteiger charge is -2.41. The third-order valence-corrected chi connectivity index (χ3v) is 6.02. The van der Waals surface area contributed by atoms with Crippen LogP contribution in [0.1, 0.15) is 78.7 Å². The van der Waals surface area contributed by atoms with Gasteiger partial charge in [0.2, 0.25) is 0 Å². The largest absolute Gasteiger partial charge is 0.391 e. The molecule has 1 aromatic heterocycles. The van der Waals surface area contributed by atoms with E-state index in [2.05, 4.69) is 91.2 Å². The van der Waals surface area contributed by atoms with Gasteiger partial charge in [-0.3, -0.25) is 0 Å². The van der Waals surface area contributed by atoms with Gasteiger partial charge in [-0.2, -0.15) is 0 Å². The molecular weight excluding hydrogens is 346 g/mol. The van der Waals surface area contributed by atoms with E-state index < -0.39 is 0 Å². The van der Waals surface area contributed by atoms with Gasteiger partial charge in [-0.25, -0.2) is 0 Å². The molecule has 0 radical (unpaired) electrons. The lowest BCUT2D eigenvalue weighted by molar-refractivity contribution is -0.0910. The number of ether oxygens (including phenoxy) is 1. The fraction of sp³-hybridized carbons (Fsp3) is 0.680. The Labute approximate surface area is 172 Å². The molecule has 1 aliphatic carbocycles. The van der Waals surface area contributed by atoms with Crippen molar-refractivity contribution in [1.82, 2.24) is 4.57 Å². The lowest BCUT2D eigenvalue weighted by atomic mass is 9.73. The molecule has 1 N–H and O–H groups in total. The second kappa shape index (κ2) is 9.00. The van der Waals surface area contributed by atoms with Gasteiger partial charge in [0.05, 0.1) is 23.9 Å². The topological polar surface area (TPSA) is 34.4 Å². The van der Waals surface area contributed by atoms with Crippen LogP contribution in [0, 0.1) is 25.7 Å². The number of aliphatic hydroxyl groups is 1. The Morgan fingerprint density at radius 2 is 1.57 bits per heavy atom. The van der Waals surface area contributed by atoms with Crippen molar-refractivity contribution in [3.63, 3.8) is 0 Å². The van der Waals surface area contributed by atoms with E-state index in [4.69, 9.17) is 4.74 Å². The Bertz CT molecular complexity index is 681. The van der Waals surface area contributed by atoms with Crippen LogP contribution in [0.5, 0.6) is 0 Å². The quantitative estimate of drug-likeness (QED) is 0.618. The summed E-state index contributed by atoms with van der Waals surface area (Å²) in [5.74, 6) is 0.760. The van der Waals surface area contributed by atoms with Gasteiger partial charge in [0.15, 0.2) is 0 Å². The van der Waals surface area contributed by atoms with Crippen LogP contribution in [0.4, 0.5) is 0 Å². The molecule has 1 aliphatic heterocycles. The van der Waals surface area contributed by atoms with Crippen LogP contribution >= 0.6 is 0 Å². The lowest BCUT2D eigenvalue weighted by Crippen LogP contribution is -2.45. The molecule has 0 amide bonds. The molecule has 0 spiro atoms. The number of nitrogens with zero attached hydrogens (tertiary/aromatic N) is 1. The highest BCUT2D eigenvalue weighted by molar-refractivity contribution is 5.17. The van der Waals surface area contributed by atoms with E-state index in [0.717, 1.165) is 12.8 Å². The summed E-state index contributed by atoms with van der Waals surface area (Å²) >= 11 is 0. The fourth-order valence-electron chi connectivity index (χ4n) is 4.78. The molecule has 3 rings (SSSR count). The number of rotatable bonds is 2. The molecule has 0 aromatic carbocycles. The zero-order chi connectivity index (χ0) is 21.2. The van der Waals surface area contributed by atoms with Gasteiger partial charge in [0, 0.05) is 17.3 Å². The third-order valence-electron chi connectivity index (χ3n) is 6.02. The molecule has 5 atom stereocenters. The summed E-state index contributed by atoms with van der Waals surface area (Å²) in [6.45, 7) is 19.2. The van der Waals surface area contributed by atoms with Gasteiger partial charge in [-0.05, 0) is 86.3 Å². The van der Waals surface area contributed by atoms with Crippen molar-refractivity contribution in [3.05, 3.63) is 46.8 Å². The third kappa shape index (κ3) is 5.39. The minimum atomic E-state index is -0.303. The molecule has 5 unspecified atom stereocenters. The molecule has 2 fully saturated rings. The van der Waals surface area contributed by atoms with Gasteiger partial charge in [-0.15, -0.1) is 0 Å². The van der Waals surface area contributed by atoms with Crippen LogP contribution in [0.25, 0.3) is 0 Å². The fourth-order valence-corrected chi connectivity index (χ4v) is 4.78. The first kappa shape index (κ1) is 23.0. The molecule has 158 valence electrons. The van der Waals surface area contributed by atoms with Crippen molar-refractivity contribution in [2.24, 2.45) is 11.8 Å². The number of allylic oxidation sites excluding steroid dienone is 4. The molecule has 1 saturated carbocycles. The van der Waals surface area contributed by atoms with Crippen LogP contribution < -0.4 is 0 Å². The smallest absolute Gasteiger partial charge is 0.0801 e. The summed E-state index contributed by atoms with van der Waals surface area (Å²) < 4.78 is 8.51. The van der Waals surface area contributed by atoms with Crippen molar-refractivity contribution >= 4 is 0 Å². The minimum absolute atomic E-state index is 0.0970. The van der Waals surface area contributed by atoms with Crippen molar-refractivity contribution in [2.75, 3.05) is 0 Å². The van der Waals surface area contributed by atoms with Gasteiger partial charge in [0.25, 0.3) is 0 Å². The Morgan fingerprint density at radius 3 is 2.04 bits per heavy atom. The highest BCUT2D eigenvalue weighted by Gasteiger charge is 2.51. The van der Waals surface area contributed by atoms with Gasteiger partial charge < -0.3 is 14.4 Å². The van der Waals surface area contributed by atoms with Crippen molar-refractivity contribution in [2.45, 2.75) is 99.0 Å². The maximum atomic E-state index is 10.9. The van der Waals surface area contributed by atoms with E-state index >= 15 is 0 Å². The van der Waals surface area contributed by atoms with Crippen LogP contribution in [0.2, 0.25) is 0 Å². The number of hydrogen-bond acceptors (Lipinski definition) is 2. The van der Waals surface area contributed by atoms with Crippen LogP contribution in [0.3, 0.4) is 0 Å². The first-order valence-corrected chi connectivity index (χ1v) is 10.7. The predicted octanol–water partition coefficient (Wildman–Crippen LogP) is 6.15. The van der Waals surface area contributed by atoms with Gasteiger partial charge in [0.1, 0.15) is 0 Å². The molecule has 0 bridgehead atoms. The second-order valence-corrected chi connectivity index (χ2v) is 9.96. The summed E-state index contributed by atoms with van der Waals surface area (Å²) in [4.78, 5) is 0. The standard InChI is InChI=1S/C17H27NO2.C8H14/c1-10-8-14(18-11(2)6-7-12(18)3)15(19)13-9-17(4,5)20-16(10)13;1-7(2)5-6-8(3)4/h6-7,10,13-16,19H,8-9H2,1-5H3;5-6H,1-4H3. The average molecular weight is 388 g/mol. The maximum absolute atomic E-state index is 10.9. The van der Waals surface area contributed by atoms with Crippen molar-refractivity contribution in [3.8, 4) is 0 Å². The maximum Gasteiger partial charge on any atom is 0.0801 e. The van der Waals surface area contributed by atoms with E-state index in [1.54, 1.807) is 0 Å². The summed E-state index contributed by atoms with van der Waals surface area (Å²) in [7, 11) is 0. The first-order valence-electron chi connectivity index (χ1n) is 10.7. The van der Waals surface area contributed by atoms with Crippen molar-refractivity contribution < 1.29 is 9.84 Å². The van der Waals surface area contributed by atoms with Crippen LogP contribution in [-0.2, 0) is 4.74 Å². The van der Waals surface area contributed by atoms with Crippen molar-refractivity contribution in [1.29, 1.82) is 0 Å². The summed E-state index contributed by atoms with van der Waals surface area (Å²) in [6.07, 6.45) is 6.11. The molecule has 3 heteroatoms. The Hall–Kier alpha value is -1.32. The van der Waals surface area contributed by atoms with E-state index in [0.29, 0.717) is 5.92 Å². The molecule has 2 heterocycles. The minimum Gasteiger partial charge on any atom is -0.391 e. The van der Waals surface area contributed by atoms with Gasteiger partial charge in [-0.1, -0.05) is 30.2 Å². The normalized spacial score (nSPS) is 30.7. The zero-order valence-electron chi connectivity index (χ0n) is 19.4. The van der Waals surface area contributed by atoms with E-state index in [1.807, 2.05) is 0 Å². The molecule has 2 aliphatic rings. The molecule has 3 nitrogen and oxygen atoms in total. The number of aliphatic hydroxyl groups excluding tert-OH is 1. The SMILES string of the molecule is CC(C)=CC=C(C)C.Cc1ccc(C)n1C1CC(C)C2OC(C)(C)CC2C1O. The Balaban J connectivity index is 0.000000300.